The summed E-state index contributed by atoms with van der Waals surface area (Å²) >= 11 is 0. The Balaban J connectivity index is 1.15. The van der Waals surface area contributed by atoms with E-state index in [2.05, 4.69) is 39.7 Å². The number of benzene rings is 1. The Hall–Kier alpha value is -3.75. The summed E-state index contributed by atoms with van der Waals surface area (Å²) in [5.41, 5.74) is 7.48. The lowest BCUT2D eigenvalue weighted by atomic mass is 9.97. The molecule has 0 spiro atoms. The van der Waals surface area contributed by atoms with E-state index in [1.165, 1.54) is 10.2 Å². The minimum atomic E-state index is -0.654. The van der Waals surface area contributed by atoms with Crippen molar-refractivity contribution in [2.24, 2.45) is 11.7 Å². The molecule has 5 atom stereocenters. The van der Waals surface area contributed by atoms with Gasteiger partial charge in [0.15, 0.2) is 5.69 Å². The van der Waals surface area contributed by atoms with Crippen molar-refractivity contribution >= 4 is 28.6 Å². The number of rotatable bonds is 6. The summed E-state index contributed by atoms with van der Waals surface area (Å²) in [6.07, 6.45) is 7.68. The van der Waals surface area contributed by atoms with Crippen LogP contribution in [0.5, 0.6) is 0 Å². The molecule has 1 unspecified atom stereocenters. The van der Waals surface area contributed by atoms with E-state index in [1.54, 1.807) is 23.4 Å². The first-order valence-corrected chi connectivity index (χ1v) is 12.3. The molecule has 3 aromatic rings. The molecule has 3 amide bonds. The van der Waals surface area contributed by atoms with Gasteiger partial charge in [0.25, 0.3) is 5.91 Å². The van der Waals surface area contributed by atoms with Gasteiger partial charge in [0.2, 0.25) is 11.8 Å². The predicted octanol–water partition coefficient (Wildman–Crippen LogP) is 1.97. The number of nitrogens with one attached hydrogen (secondary N) is 1. The maximum Gasteiger partial charge on any atom is 0.269 e. The highest BCUT2D eigenvalue weighted by Crippen LogP contribution is 2.48. The molecule has 1 aromatic carbocycles. The maximum absolute atomic E-state index is 13.4. The van der Waals surface area contributed by atoms with Crippen LogP contribution in [0.3, 0.4) is 0 Å². The first-order valence-electron chi connectivity index (χ1n) is 12.3. The molecular formula is C26H28N6O3. The first kappa shape index (κ1) is 21.8. The zero-order chi connectivity index (χ0) is 24.1. The van der Waals surface area contributed by atoms with Crippen LogP contribution in [0.15, 0.2) is 48.8 Å². The monoisotopic (exact) mass is 472 g/mol. The minimum Gasteiger partial charge on any atom is -0.364 e. The molecule has 180 valence electrons. The average molecular weight is 473 g/mol. The van der Waals surface area contributed by atoms with Crippen LogP contribution in [0.4, 0.5) is 0 Å². The van der Waals surface area contributed by atoms with E-state index in [9.17, 15) is 14.4 Å². The fraction of sp³-hybridized carbons (Fsp3) is 0.423. The van der Waals surface area contributed by atoms with E-state index in [4.69, 9.17) is 5.73 Å². The van der Waals surface area contributed by atoms with Gasteiger partial charge in [-0.15, -0.1) is 0 Å². The SMILES string of the molecule is NC(=O)c1nn(CC(=O)N2[C@H](C(=O)NC3CC[C@H](c4ccccc4)C3)C[C@@H]3C[C@@H]32)c2cnccc12. The minimum absolute atomic E-state index is 0.0610. The third-order valence-corrected chi connectivity index (χ3v) is 7.82. The molecule has 3 N–H and O–H groups in total. The van der Waals surface area contributed by atoms with Crippen molar-refractivity contribution in [1.29, 1.82) is 0 Å². The van der Waals surface area contributed by atoms with Gasteiger partial charge >= 0.3 is 0 Å². The Morgan fingerprint density at radius 1 is 1.06 bits per heavy atom. The molecule has 35 heavy (non-hydrogen) atoms. The van der Waals surface area contributed by atoms with Crippen molar-refractivity contribution < 1.29 is 14.4 Å². The second kappa shape index (κ2) is 8.48. The second-order valence-electron chi connectivity index (χ2n) is 10.0. The molecule has 3 fully saturated rings. The van der Waals surface area contributed by atoms with Gasteiger partial charge in [-0.05, 0) is 55.6 Å². The number of amides is 3. The summed E-state index contributed by atoms with van der Waals surface area (Å²) in [5.74, 6) is -0.0505. The fourth-order valence-corrected chi connectivity index (χ4v) is 6.02. The van der Waals surface area contributed by atoms with Crippen molar-refractivity contribution in [3.05, 3.63) is 60.0 Å². The van der Waals surface area contributed by atoms with E-state index in [0.717, 1.165) is 25.7 Å². The summed E-state index contributed by atoms with van der Waals surface area (Å²) in [5, 5.41) is 8.08. The molecule has 2 aromatic heterocycles. The molecular weight excluding hydrogens is 444 g/mol. The lowest BCUT2D eigenvalue weighted by Crippen LogP contribution is -2.50. The number of hydrogen-bond acceptors (Lipinski definition) is 5. The Labute approximate surface area is 202 Å². The van der Waals surface area contributed by atoms with E-state index < -0.39 is 11.9 Å². The topological polar surface area (TPSA) is 123 Å². The number of nitrogens with zero attached hydrogens (tertiary/aromatic N) is 4. The highest BCUT2D eigenvalue weighted by Gasteiger charge is 2.56. The molecule has 3 heterocycles. The second-order valence-corrected chi connectivity index (χ2v) is 10.0. The van der Waals surface area contributed by atoms with Crippen LogP contribution in [-0.4, -0.2) is 55.5 Å². The molecule has 9 nitrogen and oxygen atoms in total. The van der Waals surface area contributed by atoms with Crippen molar-refractivity contribution in [2.45, 2.75) is 62.7 Å². The van der Waals surface area contributed by atoms with Crippen LogP contribution in [0.2, 0.25) is 0 Å². The largest absolute Gasteiger partial charge is 0.364 e. The molecule has 2 aliphatic carbocycles. The van der Waals surface area contributed by atoms with Crippen molar-refractivity contribution in [2.75, 3.05) is 0 Å². The molecule has 1 saturated heterocycles. The lowest BCUT2D eigenvalue weighted by molar-refractivity contribution is -0.140. The number of fused-ring (bicyclic) bond motifs is 2. The summed E-state index contributed by atoms with van der Waals surface area (Å²) in [6, 6.07) is 11.9. The quantitative estimate of drug-likeness (QED) is 0.568. The molecule has 6 rings (SSSR count). The maximum atomic E-state index is 13.4. The van der Waals surface area contributed by atoms with Crippen LogP contribution in [0.25, 0.3) is 10.9 Å². The van der Waals surface area contributed by atoms with Gasteiger partial charge in [0.05, 0.1) is 11.7 Å². The summed E-state index contributed by atoms with van der Waals surface area (Å²) in [6.45, 7) is -0.0675. The number of carbonyl (C=O) groups is 3. The van der Waals surface area contributed by atoms with Crippen LogP contribution in [0, 0.1) is 5.92 Å². The molecule has 0 bridgehead atoms. The first-order chi connectivity index (χ1) is 17.0. The number of carbonyl (C=O) groups excluding carboxylic acids is 3. The van der Waals surface area contributed by atoms with Gasteiger partial charge in [-0.2, -0.15) is 5.10 Å². The molecule has 0 radical (unpaired) electrons. The van der Waals surface area contributed by atoms with E-state index in [1.807, 2.05) is 6.07 Å². The van der Waals surface area contributed by atoms with Crippen molar-refractivity contribution in [3.63, 3.8) is 0 Å². The normalized spacial score (nSPS) is 27.1. The molecule has 1 aliphatic heterocycles. The van der Waals surface area contributed by atoms with Crippen LogP contribution >= 0.6 is 0 Å². The predicted molar refractivity (Wildman–Crippen MR) is 128 cm³/mol. The Kier molecular flexibility index (Phi) is 5.27. The zero-order valence-electron chi connectivity index (χ0n) is 19.3. The zero-order valence-corrected chi connectivity index (χ0v) is 19.3. The number of piperidine rings is 1. The van der Waals surface area contributed by atoms with Crippen LogP contribution in [0.1, 0.15) is 54.1 Å². The highest BCUT2D eigenvalue weighted by atomic mass is 16.2. The number of aromatic nitrogens is 3. The summed E-state index contributed by atoms with van der Waals surface area (Å²) in [7, 11) is 0. The Bertz CT molecular complexity index is 1300. The fourth-order valence-electron chi connectivity index (χ4n) is 6.02. The lowest BCUT2D eigenvalue weighted by Gasteiger charge is -2.28. The van der Waals surface area contributed by atoms with E-state index in [0.29, 0.717) is 29.2 Å². The van der Waals surface area contributed by atoms with E-state index in [-0.39, 0.29) is 36.1 Å². The Morgan fingerprint density at radius 2 is 1.89 bits per heavy atom. The third kappa shape index (κ3) is 3.94. The number of nitrogens with two attached hydrogens (primary N) is 1. The van der Waals surface area contributed by atoms with Gasteiger partial charge in [-0.1, -0.05) is 30.3 Å². The van der Waals surface area contributed by atoms with Gasteiger partial charge in [0, 0.05) is 23.7 Å². The molecule has 9 heteroatoms. The smallest absolute Gasteiger partial charge is 0.269 e. The van der Waals surface area contributed by atoms with Crippen molar-refractivity contribution in [1.82, 2.24) is 25.0 Å². The number of likely N-dealkylation sites (tertiary alicyclic amines) is 1. The third-order valence-electron chi connectivity index (χ3n) is 7.82. The van der Waals surface area contributed by atoms with Gasteiger partial charge in [0.1, 0.15) is 12.6 Å². The van der Waals surface area contributed by atoms with Crippen LogP contribution in [-0.2, 0) is 16.1 Å². The average Bonchev–Trinajstić information content (AvgIpc) is 3.20. The summed E-state index contributed by atoms with van der Waals surface area (Å²) in [4.78, 5) is 44.4. The van der Waals surface area contributed by atoms with Gasteiger partial charge < -0.3 is 16.0 Å². The summed E-state index contributed by atoms with van der Waals surface area (Å²) < 4.78 is 1.47. The molecule has 3 aliphatic rings. The van der Waals surface area contributed by atoms with Gasteiger partial charge in [-0.3, -0.25) is 24.0 Å². The molecule has 2 saturated carbocycles. The number of primary amides is 1. The van der Waals surface area contributed by atoms with E-state index >= 15 is 0 Å². The van der Waals surface area contributed by atoms with Crippen molar-refractivity contribution in [3.8, 4) is 0 Å². The standard InChI is InChI=1S/C26H28N6O3/c27-25(34)24-19-8-9-28-13-22(19)31(30-24)14-23(33)32-20-11-17(20)12-21(32)26(35)29-18-7-6-16(10-18)15-4-2-1-3-5-15/h1-5,8-9,13,16-18,20-21H,6-7,10-12,14H2,(H2,27,34)(H,29,35)/t16-,17-,18?,20-,21-/m0/s1. The van der Waals surface area contributed by atoms with Gasteiger partial charge in [-0.25, -0.2) is 0 Å². The number of hydrogen-bond donors (Lipinski definition) is 2. The number of pyridine rings is 1. The highest BCUT2D eigenvalue weighted by molar-refractivity contribution is 6.04. The Morgan fingerprint density at radius 3 is 2.69 bits per heavy atom. The van der Waals surface area contributed by atoms with Crippen LogP contribution < -0.4 is 11.1 Å².